The van der Waals surface area contributed by atoms with Gasteiger partial charge in [-0.15, -0.1) is 0 Å². The van der Waals surface area contributed by atoms with Gasteiger partial charge in [-0.25, -0.2) is 4.57 Å². The Morgan fingerprint density at radius 3 is 2.47 bits per heavy atom. The van der Waals surface area contributed by atoms with E-state index in [-0.39, 0.29) is 0 Å². The topological polar surface area (TPSA) is 81.6 Å². The molecule has 0 aromatic carbocycles. The average molecular weight is 256 g/mol. The van der Waals surface area contributed by atoms with E-state index in [4.69, 9.17) is 9.79 Å². The minimum Gasteiger partial charge on any atom is -0.317 e. The van der Waals surface area contributed by atoms with Gasteiger partial charge in [0.1, 0.15) is 0 Å². The van der Waals surface area contributed by atoms with Crippen LogP contribution < -0.4 is 10.6 Å². The molecule has 0 saturated heterocycles. The van der Waals surface area contributed by atoms with Crippen LogP contribution in [0.3, 0.4) is 0 Å². The zero-order valence-electron chi connectivity index (χ0n) is 9.27. The number of rotatable bonds is 9. The van der Waals surface area contributed by atoms with Gasteiger partial charge in [-0.1, -0.05) is 13.8 Å². The molecule has 7 heteroatoms. The molecule has 15 heavy (non-hydrogen) atoms. The van der Waals surface area contributed by atoms with E-state index in [2.05, 4.69) is 24.5 Å². The molecule has 0 bridgehead atoms. The van der Waals surface area contributed by atoms with Crippen molar-refractivity contribution in [2.45, 2.75) is 26.3 Å². The molecule has 0 fully saturated rings. The van der Waals surface area contributed by atoms with Crippen molar-refractivity contribution in [2.75, 3.05) is 25.4 Å². The molecular weight excluding hydrogens is 235 g/mol. The Balaban J connectivity index is 3.09. The molecule has 0 heterocycles. The summed E-state index contributed by atoms with van der Waals surface area (Å²) in [6, 6.07) is 0.509. The molecule has 92 valence electrons. The smallest absolute Gasteiger partial charge is 0.317 e. The van der Waals surface area contributed by atoms with Crippen LogP contribution in [0.15, 0.2) is 0 Å². The quantitative estimate of drug-likeness (QED) is 0.361. The predicted octanol–water partition coefficient (Wildman–Crippen LogP) is 0.790. The third kappa shape index (κ3) is 14.4. The molecule has 0 aromatic rings. The van der Waals surface area contributed by atoms with Gasteiger partial charge in [0.15, 0.2) is 0 Å². The minimum atomic E-state index is -3.88. The Hall–Kier alpha value is 0.420. The molecule has 0 aliphatic heterocycles. The van der Waals surface area contributed by atoms with Crippen LogP contribution >= 0.6 is 18.2 Å². The van der Waals surface area contributed by atoms with E-state index in [0.717, 1.165) is 19.5 Å². The molecule has 0 amide bonds. The fourth-order valence-corrected chi connectivity index (χ4v) is 2.43. The van der Waals surface area contributed by atoms with Crippen molar-refractivity contribution in [2.24, 2.45) is 0 Å². The molecule has 0 saturated carbocycles. The monoisotopic (exact) mass is 256 g/mol. The summed E-state index contributed by atoms with van der Waals surface area (Å²) in [5.41, 5.74) is 0. The molecule has 5 nitrogen and oxygen atoms in total. The maximum absolute atomic E-state index is 10.5. The SMILES string of the molecule is CC(C)NCCCNCCSP(=O)(O)O. The fourth-order valence-electron chi connectivity index (χ4n) is 0.966. The third-order valence-electron chi connectivity index (χ3n) is 1.62. The van der Waals surface area contributed by atoms with Crippen molar-refractivity contribution in [3.05, 3.63) is 0 Å². The summed E-state index contributed by atoms with van der Waals surface area (Å²) in [5.74, 6) is 0.446. The number of hydrogen-bond donors (Lipinski definition) is 4. The summed E-state index contributed by atoms with van der Waals surface area (Å²) in [6.07, 6.45) is 1.03. The Bertz CT molecular complexity index is 198. The summed E-state index contributed by atoms with van der Waals surface area (Å²) < 4.78 is 10.5. The van der Waals surface area contributed by atoms with Gasteiger partial charge in [-0.3, -0.25) is 0 Å². The van der Waals surface area contributed by atoms with Gasteiger partial charge in [0, 0.05) is 18.3 Å². The second kappa shape index (κ2) is 8.56. The molecule has 0 aromatic heterocycles. The zero-order chi connectivity index (χ0) is 11.7. The van der Waals surface area contributed by atoms with Crippen LogP contribution in [0.2, 0.25) is 0 Å². The highest BCUT2D eigenvalue weighted by Crippen LogP contribution is 2.49. The van der Waals surface area contributed by atoms with Gasteiger partial charge in [0.05, 0.1) is 0 Å². The number of nitrogens with one attached hydrogen (secondary N) is 2. The van der Waals surface area contributed by atoms with E-state index in [1.54, 1.807) is 0 Å². The molecule has 0 radical (unpaired) electrons. The molecule has 0 aliphatic rings. The first-order chi connectivity index (χ1) is 6.92. The highest BCUT2D eigenvalue weighted by atomic mass is 32.7. The molecule has 0 unspecified atom stereocenters. The van der Waals surface area contributed by atoms with Gasteiger partial charge >= 0.3 is 6.80 Å². The summed E-state index contributed by atoms with van der Waals surface area (Å²) >= 11 is 0.691. The maximum Gasteiger partial charge on any atom is 0.384 e. The van der Waals surface area contributed by atoms with Gasteiger partial charge in [0.2, 0.25) is 0 Å². The van der Waals surface area contributed by atoms with Crippen molar-refractivity contribution in [3.63, 3.8) is 0 Å². The van der Waals surface area contributed by atoms with E-state index in [1.165, 1.54) is 0 Å². The van der Waals surface area contributed by atoms with Crippen LogP contribution in [0.4, 0.5) is 0 Å². The third-order valence-corrected chi connectivity index (χ3v) is 3.90. The Morgan fingerprint density at radius 1 is 1.27 bits per heavy atom. The first-order valence-corrected chi connectivity index (χ1v) is 8.26. The van der Waals surface area contributed by atoms with Crippen LogP contribution in [0.1, 0.15) is 20.3 Å². The first kappa shape index (κ1) is 15.4. The van der Waals surface area contributed by atoms with E-state index < -0.39 is 6.80 Å². The predicted molar refractivity (Wildman–Crippen MR) is 65.1 cm³/mol. The Labute approximate surface area is 95.3 Å². The van der Waals surface area contributed by atoms with Gasteiger partial charge < -0.3 is 20.4 Å². The molecule has 4 N–H and O–H groups in total. The second-order valence-corrected chi connectivity index (χ2v) is 7.39. The highest BCUT2D eigenvalue weighted by molar-refractivity contribution is 8.54. The molecule has 0 spiro atoms. The van der Waals surface area contributed by atoms with E-state index >= 15 is 0 Å². The van der Waals surface area contributed by atoms with E-state index in [9.17, 15) is 4.57 Å². The van der Waals surface area contributed by atoms with Crippen LogP contribution in [0, 0.1) is 0 Å². The van der Waals surface area contributed by atoms with Gasteiger partial charge in [0.25, 0.3) is 0 Å². The lowest BCUT2D eigenvalue weighted by Gasteiger charge is -2.08. The first-order valence-electron chi connectivity index (χ1n) is 5.06. The lowest BCUT2D eigenvalue weighted by Crippen LogP contribution is -2.27. The molecule has 0 rings (SSSR count). The van der Waals surface area contributed by atoms with Crippen LogP contribution in [0.5, 0.6) is 0 Å². The number of hydrogen-bond acceptors (Lipinski definition) is 4. The van der Waals surface area contributed by atoms with Gasteiger partial charge in [-0.2, -0.15) is 0 Å². The summed E-state index contributed by atoms with van der Waals surface area (Å²) in [5, 5.41) is 6.42. The van der Waals surface area contributed by atoms with Crippen molar-refractivity contribution >= 4 is 18.2 Å². The van der Waals surface area contributed by atoms with Crippen molar-refractivity contribution in [1.29, 1.82) is 0 Å². The highest BCUT2D eigenvalue weighted by Gasteiger charge is 2.11. The summed E-state index contributed by atoms with van der Waals surface area (Å²) in [7, 11) is 0. The molecule has 0 atom stereocenters. The standard InChI is InChI=1S/C8H21N2O3PS/c1-8(2)10-5-3-4-9-6-7-15-14(11,12)13/h8-10H,3-7H2,1-2H3,(H2,11,12,13). The minimum absolute atomic E-state index is 0.446. The van der Waals surface area contributed by atoms with E-state index in [1.807, 2.05) is 0 Å². The Morgan fingerprint density at radius 2 is 1.93 bits per heavy atom. The molecule has 0 aliphatic carbocycles. The van der Waals surface area contributed by atoms with Gasteiger partial charge in [-0.05, 0) is 30.9 Å². The van der Waals surface area contributed by atoms with Crippen molar-refractivity contribution < 1.29 is 14.4 Å². The summed E-state index contributed by atoms with van der Waals surface area (Å²) in [6.45, 7) is 2.81. The zero-order valence-corrected chi connectivity index (χ0v) is 11.0. The normalized spacial score (nSPS) is 12.3. The van der Waals surface area contributed by atoms with Crippen molar-refractivity contribution in [1.82, 2.24) is 10.6 Å². The largest absolute Gasteiger partial charge is 0.384 e. The lowest BCUT2D eigenvalue weighted by atomic mass is 10.3. The lowest BCUT2D eigenvalue weighted by molar-refractivity contribution is 0.397. The maximum atomic E-state index is 10.5. The second-order valence-electron chi connectivity index (χ2n) is 3.54. The van der Waals surface area contributed by atoms with Crippen LogP contribution in [-0.2, 0) is 4.57 Å². The molecular formula is C8H21N2O3PS. The Kier molecular flexibility index (Phi) is 8.80. The average Bonchev–Trinajstić information content (AvgIpc) is 2.07. The van der Waals surface area contributed by atoms with Crippen LogP contribution in [-0.4, -0.2) is 41.2 Å². The fraction of sp³-hybridized carbons (Fsp3) is 1.00. The summed E-state index contributed by atoms with van der Waals surface area (Å²) in [4.78, 5) is 17.1. The van der Waals surface area contributed by atoms with Crippen LogP contribution in [0.25, 0.3) is 0 Å². The van der Waals surface area contributed by atoms with E-state index in [0.29, 0.717) is 29.7 Å². The van der Waals surface area contributed by atoms with Crippen molar-refractivity contribution in [3.8, 4) is 0 Å².